The van der Waals surface area contributed by atoms with Crippen molar-refractivity contribution in [1.29, 1.82) is 0 Å². The first-order chi connectivity index (χ1) is 9.36. The van der Waals surface area contributed by atoms with E-state index in [1.807, 2.05) is 0 Å². The zero-order valence-electron chi connectivity index (χ0n) is 9.84. The van der Waals surface area contributed by atoms with E-state index in [-0.39, 0.29) is 5.56 Å². The second kappa shape index (κ2) is 5.80. The summed E-state index contributed by atoms with van der Waals surface area (Å²) in [4.78, 5) is 0.603. The van der Waals surface area contributed by atoms with E-state index in [1.54, 1.807) is 11.4 Å². The maximum Gasteiger partial charge on any atom is 0.419 e. The van der Waals surface area contributed by atoms with E-state index in [4.69, 9.17) is 5.84 Å². The third-order valence-corrected chi connectivity index (χ3v) is 4.65. The summed E-state index contributed by atoms with van der Waals surface area (Å²) < 4.78 is 52.9. The molecule has 20 heavy (non-hydrogen) atoms. The van der Waals surface area contributed by atoms with Gasteiger partial charge in [-0.05, 0) is 33.4 Å². The third-order valence-electron chi connectivity index (χ3n) is 2.72. The van der Waals surface area contributed by atoms with Crippen molar-refractivity contribution in [2.75, 3.05) is 0 Å². The zero-order valence-corrected chi connectivity index (χ0v) is 12.2. The molecule has 0 spiro atoms. The van der Waals surface area contributed by atoms with E-state index < -0.39 is 23.6 Å². The van der Waals surface area contributed by atoms with Crippen molar-refractivity contribution in [2.24, 2.45) is 5.84 Å². The molecule has 0 fully saturated rings. The summed E-state index contributed by atoms with van der Waals surface area (Å²) in [5, 5.41) is 1.73. The quantitative estimate of drug-likeness (QED) is 0.483. The van der Waals surface area contributed by atoms with Gasteiger partial charge < -0.3 is 0 Å². The fourth-order valence-electron chi connectivity index (χ4n) is 1.81. The molecule has 1 heterocycles. The molecule has 108 valence electrons. The van der Waals surface area contributed by atoms with Crippen LogP contribution in [0.1, 0.15) is 22.0 Å². The van der Waals surface area contributed by atoms with E-state index in [1.165, 1.54) is 17.4 Å². The van der Waals surface area contributed by atoms with E-state index in [9.17, 15) is 17.6 Å². The molecule has 1 aromatic heterocycles. The monoisotopic (exact) mass is 368 g/mol. The van der Waals surface area contributed by atoms with Crippen molar-refractivity contribution in [1.82, 2.24) is 5.43 Å². The number of benzene rings is 1. The summed E-state index contributed by atoms with van der Waals surface area (Å²) in [7, 11) is 0. The molecule has 0 radical (unpaired) electrons. The molecule has 2 aromatic rings. The molecule has 0 aliphatic rings. The van der Waals surface area contributed by atoms with Gasteiger partial charge in [0.15, 0.2) is 0 Å². The van der Waals surface area contributed by atoms with Crippen molar-refractivity contribution >= 4 is 27.3 Å². The maximum absolute atomic E-state index is 14.1. The molecule has 2 rings (SSSR count). The van der Waals surface area contributed by atoms with Crippen molar-refractivity contribution in [3.63, 3.8) is 0 Å². The highest BCUT2D eigenvalue weighted by Gasteiger charge is 2.36. The Balaban J connectivity index is 2.54. The Morgan fingerprint density at radius 2 is 1.95 bits per heavy atom. The summed E-state index contributed by atoms with van der Waals surface area (Å²) in [6.45, 7) is 0. The van der Waals surface area contributed by atoms with Gasteiger partial charge in [-0.15, -0.1) is 11.3 Å². The number of nitrogens with one attached hydrogen (secondary N) is 1. The van der Waals surface area contributed by atoms with Gasteiger partial charge in [-0.3, -0.25) is 5.84 Å². The van der Waals surface area contributed by atoms with Crippen LogP contribution in [0.5, 0.6) is 0 Å². The van der Waals surface area contributed by atoms with Crippen molar-refractivity contribution in [3.05, 3.63) is 55.9 Å². The number of rotatable bonds is 3. The minimum Gasteiger partial charge on any atom is -0.271 e. The van der Waals surface area contributed by atoms with Crippen LogP contribution in [0.2, 0.25) is 0 Å². The van der Waals surface area contributed by atoms with Crippen LogP contribution in [0.25, 0.3) is 0 Å². The first-order valence-electron chi connectivity index (χ1n) is 5.41. The molecule has 0 saturated heterocycles. The molecule has 1 unspecified atom stereocenters. The normalized spacial score (nSPS) is 13.5. The summed E-state index contributed by atoms with van der Waals surface area (Å²) in [6.07, 6.45) is -4.74. The Labute approximate surface area is 124 Å². The lowest BCUT2D eigenvalue weighted by molar-refractivity contribution is -0.140. The Morgan fingerprint density at radius 1 is 1.25 bits per heavy atom. The Hall–Kier alpha value is -0.960. The second-order valence-electron chi connectivity index (χ2n) is 3.94. The summed E-state index contributed by atoms with van der Waals surface area (Å²) >= 11 is 4.52. The lowest BCUT2D eigenvalue weighted by Gasteiger charge is -2.18. The summed E-state index contributed by atoms with van der Waals surface area (Å²) in [5.41, 5.74) is 0.904. The molecule has 0 aliphatic heterocycles. The van der Waals surface area contributed by atoms with Crippen molar-refractivity contribution < 1.29 is 17.6 Å². The molecule has 0 saturated carbocycles. The smallest absolute Gasteiger partial charge is 0.271 e. The molecule has 3 N–H and O–H groups in total. The number of hydrogen-bond acceptors (Lipinski definition) is 3. The molecular weight excluding hydrogens is 360 g/mol. The Kier molecular flexibility index (Phi) is 4.48. The summed E-state index contributed by atoms with van der Waals surface area (Å²) in [5.74, 6) is 4.06. The highest BCUT2D eigenvalue weighted by molar-refractivity contribution is 9.10. The number of halogens is 5. The first-order valence-corrected chi connectivity index (χ1v) is 7.08. The van der Waals surface area contributed by atoms with Crippen LogP contribution in [-0.2, 0) is 6.18 Å². The van der Waals surface area contributed by atoms with E-state index in [2.05, 4.69) is 21.4 Å². The van der Waals surface area contributed by atoms with Gasteiger partial charge in [-0.25, -0.2) is 9.82 Å². The number of alkyl halides is 3. The molecule has 0 aliphatic carbocycles. The predicted octanol–water partition coefficient (Wildman–Crippen LogP) is 4.22. The number of thiophene rings is 1. The van der Waals surface area contributed by atoms with Crippen LogP contribution in [0.4, 0.5) is 17.6 Å². The summed E-state index contributed by atoms with van der Waals surface area (Å²) in [6, 6.07) is 4.01. The van der Waals surface area contributed by atoms with Crippen molar-refractivity contribution in [3.8, 4) is 0 Å². The van der Waals surface area contributed by atoms with Crippen LogP contribution < -0.4 is 11.3 Å². The SMILES string of the molecule is NNC(c1cccc(C(F)(F)F)c1F)c1sccc1Br. The number of nitrogens with two attached hydrogens (primary N) is 1. The van der Waals surface area contributed by atoms with Gasteiger partial charge in [0.05, 0.1) is 11.6 Å². The Morgan fingerprint density at radius 3 is 2.45 bits per heavy atom. The van der Waals surface area contributed by atoms with Gasteiger partial charge in [0.2, 0.25) is 0 Å². The molecule has 1 aromatic carbocycles. The van der Waals surface area contributed by atoms with Crippen LogP contribution in [0.15, 0.2) is 34.1 Å². The highest BCUT2D eigenvalue weighted by Crippen LogP contribution is 2.38. The minimum atomic E-state index is -4.74. The fourth-order valence-corrected chi connectivity index (χ4v) is 3.49. The third kappa shape index (κ3) is 2.88. The van der Waals surface area contributed by atoms with Gasteiger partial charge in [0.1, 0.15) is 5.82 Å². The molecular formula is C12H9BrF4N2S. The lowest BCUT2D eigenvalue weighted by atomic mass is 10.0. The number of hydrazine groups is 1. The van der Waals surface area contributed by atoms with E-state index in [0.717, 1.165) is 6.07 Å². The largest absolute Gasteiger partial charge is 0.419 e. The van der Waals surface area contributed by atoms with E-state index in [0.29, 0.717) is 15.4 Å². The molecule has 2 nitrogen and oxygen atoms in total. The fraction of sp³-hybridized carbons (Fsp3) is 0.167. The number of hydrogen-bond donors (Lipinski definition) is 2. The van der Waals surface area contributed by atoms with Gasteiger partial charge in [0.25, 0.3) is 0 Å². The Bertz CT molecular complexity index is 612. The lowest BCUT2D eigenvalue weighted by Crippen LogP contribution is -2.29. The molecule has 0 amide bonds. The van der Waals surface area contributed by atoms with Crippen molar-refractivity contribution in [2.45, 2.75) is 12.2 Å². The molecule has 0 bridgehead atoms. The molecule has 1 atom stereocenters. The van der Waals surface area contributed by atoms with Crippen LogP contribution in [-0.4, -0.2) is 0 Å². The van der Waals surface area contributed by atoms with Gasteiger partial charge in [0, 0.05) is 14.9 Å². The first kappa shape index (κ1) is 15.4. The maximum atomic E-state index is 14.1. The van der Waals surface area contributed by atoms with Gasteiger partial charge >= 0.3 is 6.18 Å². The highest BCUT2D eigenvalue weighted by atomic mass is 79.9. The molecule has 8 heteroatoms. The average Bonchev–Trinajstić information content (AvgIpc) is 2.77. The second-order valence-corrected chi connectivity index (χ2v) is 5.74. The van der Waals surface area contributed by atoms with E-state index >= 15 is 0 Å². The minimum absolute atomic E-state index is 0.148. The standard InChI is InChI=1S/C12H9BrF4N2S/c13-8-4-5-20-11(8)10(19-18)6-2-1-3-7(9(6)14)12(15,16)17/h1-5,10,19H,18H2. The van der Waals surface area contributed by atoms with Gasteiger partial charge in [-0.2, -0.15) is 13.2 Å². The van der Waals surface area contributed by atoms with Crippen LogP contribution >= 0.6 is 27.3 Å². The zero-order chi connectivity index (χ0) is 14.9. The van der Waals surface area contributed by atoms with Gasteiger partial charge in [-0.1, -0.05) is 12.1 Å². The predicted molar refractivity (Wildman–Crippen MR) is 72.6 cm³/mol. The van der Waals surface area contributed by atoms with Crippen LogP contribution in [0, 0.1) is 5.82 Å². The van der Waals surface area contributed by atoms with Crippen LogP contribution in [0.3, 0.4) is 0 Å². The average molecular weight is 369 g/mol. The topological polar surface area (TPSA) is 38.0 Å².